The molecule has 0 N–H and O–H groups in total. The largest absolute Gasteiger partial charge is 0.436 e. The predicted molar refractivity (Wildman–Crippen MR) is 159 cm³/mol. The highest BCUT2D eigenvalue weighted by atomic mass is 16.3. The second-order valence-electron chi connectivity index (χ2n) is 9.91. The molecule has 0 unspecified atom stereocenters. The number of nitrogens with zero attached hydrogens (tertiary/aromatic N) is 5. The van der Waals surface area contributed by atoms with Crippen molar-refractivity contribution in [1.82, 2.24) is 24.1 Å². The molecule has 4 aromatic carbocycles. The van der Waals surface area contributed by atoms with E-state index in [2.05, 4.69) is 75.2 Å². The molecule has 0 radical (unpaired) electrons. The Labute approximate surface area is 229 Å². The van der Waals surface area contributed by atoms with Gasteiger partial charge in [0.25, 0.3) is 0 Å². The first-order valence-electron chi connectivity index (χ1n) is 13.2. The van der Waals surface area contributed by atoms with Crippen molar-refractivity contribution in [3.63, 3.8) is 0 Å². The monoisotopic (exact) mass is 517 g/mol. The van der Waals surface area contributed by atoms with Crippen molar-refractivity contribution < 1.29 is 4.42 Å². The zero-order chi connectivity index (χ0) is 26.6. The van der Waals surface area contributed by atoms with Crippen LogP contribution in [0.25, 0.3) is 72.7 Å². The van der Waals surface area contributed by atoms with E-state index in [9.17, 15) is 0 Å². The maximum atomic E-state index is 6.14. The molecule has 40 heavy (non-hydrogen) atoms. The molecule has 0 bridgehead atoms. The zero-order valence-electron chi connectivity index (χ0n) is 21.7. The first-order valence-corrected chi connectivity index (χ1v) is 13.2. The molecule has 0 aliphatic heterocycles. The Hall–Kier alpha value is -5.49. The van der Waals surface area contributed by atoms with Crippen LogP contribution in [0.3, 0.4) is 0 Å². The molecule has 4 heterocycles. The number of fused-ring (bicyclic) bond motifs is 4. The van der Waals surface area contributed by atoms with Crippen molar-refractivity contribution in [2.45, 2.75) is 0 Å². The number of aromatic nitrogens is 5. The Kier molecular flexibility index (Phi) is 4.94. The summed E-state index contributed by atoms with van der Waals surface area (Å²) < 4.78 is 10.5. The van der Waals surface area contributed by atoms with Crippen molar-refractivity contribution >= 4 is 32.9 Å². The number of pyridine rings is 1. The third-order valence-corrected chi connectivity index (χ3v) is 7.45. The van der Waals surface area contributed by atoms with E-state index in [1.165, 1.54) is 5.39 Å². The highest BCUT2D eigenvalue weighted by molar-refractivity contribution is 6.11. The summed E-state index contributed by atoms with van der Waals surface area (Å²) in [5.41, 5.74) is 8.83. The van der Waals surface area contributed by atoms with E-state index in [4.69, 9.17) is 9.40 Å². The van der Waals surface area contributed by atoms with Crippen LogP contribution >= 0.6 is 0 Å². The molecule has 0 saturated carbocycles. The van der Waals surface area contributed by atoms with Crippen LogP contribution in [0.2, 0.25) is 0 Å². The number of hydrogen-bond acceptors (Lipinski definition) is 4. The molecule has 0 aliphatic carbocycles. The first kappa shape index (κ1) is 22.5. The molecule has 8 rings (SSSR count). The Morgan fingerprint density at radius 3 is 2.23 bits per heavy atom. The van der Waals surface area contributed by atoms with E-state index in [0.29, 0.717) is 5.89 Å². The lowest BCUT2D eigenvalue weighted by atomic mass is 10.1. The van der Waals surface area contributed by atoms with E-state index in [-0.39, 0.29) is 0 Å². The zero-order valence-corrected chi connectivity index (χ0v) is 21.7. The van der Waals surface area contributed by atoms with Crippen molar-refractivity contribution in [2.75, 3.05) is 0 Å². The standard InChI is InChI=1S/C34H23N5O/c1-38-18-17-36-33(38)23-12-14-26-27-15-13-24(34-37-29-10-2-3-11-32(29)40-34)21-31(27)39(30(26)20-23)25-8-6-7-22(19-25)28-9-4-5-16-35-28/h2-21H,1H3. The number of benzene rings is 4. The maximum Gasteiger partial charge on any atom is 0.227 e. The van der Waals surface area contributed by atoms with Crippen LogP contribution in [0, 0.1) is 0 Å². The highest BCUT2D eigenvalue weighted by Crippen LogP contribution is 2.37. The lowest BCUT2D eigenvalue weighted by Crippen LogP contribution is -1.96. The molecule has 190 valence electrons. The molecule has 6 nitrogen and oxygen atoms in total. The summed E-state index contributed by atoms with van der Waals surface area (Å²) in [6, 6.07) is 35.4. The van der Waals surface area contributed by atoms with Gasteiger partial charge in [0.2, 0.25) is 5.89 Å². The van der Waals surface area contributed by atoms with Crippen LogP contribution in [-0.2, 0) is 7.05 Å². The molecule has 0 saturated heterocycles. The van der Waals surface area contributed by atoms with Gasteiger partial charge in [0.15, 0.2) is 5.58 Å². The molecule has 0 atom stereocenters. The van der Waals surface area contributed by atoms with Gasteiger partial charge in [0.1, 0.15) is 11.3 Å². The number of aryl methyl sites for hydroxylation is 1. The minimum absolute atomic E-state index is 0.607. The van der Waals surface area contributed by atoms with E-state index >= 15 is 0 Å². The molecular formula is C34H23N5O. The van der Waals surface area contributed by atoms with E-state index in [1.54, 1.807) is 0 Å². The fourth-order valence-electron chi connectivity index (χ4n) is 5.55. The molecule has 8 aromatic rings. The molecule has 4 aromatic heterocycles. The Balaban J connectivity index is 1.40. The van der Waals surface area contributed by atoms with Crippen LogP contribution in [0.1, 0.15) is 0 Å². The van der Waals surface area contributed by atoms with Crippen LogP contribution < -0.4 is 0 Å². The number of imidazole rings is 1. The quantitative estimate of drug-likeness (QED) is 0.237. The molecular weight excluding hydrogens is 494 g/mol. The average molecular weight is 518 g/mol. The smallest absolute Gasteiger partial charge is 0.227 e. The molecule has 0 amide bonds. The fraction of sp³-hybridized carbons (Fsp3) is 0.0294. The third kappa shape index (κ3) is 3.54. The van der Waals surface area contributed by atoms with Gasteiger partial charge in [-0.05, 0) is 54.6 Å². The van der Waals surface area contributed by atoms with Gasteiger partial charge in [-0.2, -0.15) is 0 Å². The van der Waals surface area contributed by atoms with Gasteiger partial charge in [0, 0.05) is 58.8 Å². The Morgan fingerprint density at radius 1 is 0.650 bits per heavy atom. The second kappa shape index (κ2) is 8.78. The predicted octanol–water partition coefficient (Wildman–Crippen LogP) is 8.05. The van der Waals surface area contributed by atoms with Crippen LogP contribution in [-0.4, -0.2) is 24.1 Å². The van der Waals surface area contributed by atoms with Gasteiger partial charge in [0.05, 0.1) is 16.7 Å². The summed E-state index contributed by atoms with van der Waals surface area (Å²) >= 11 is 0. The number of oxazole rings is 1. The third-order valence-electron chi connectivity index (χ3n) is 7.45. The Bertz CT molecular complexity index is 2150. The van der Waals surface area contributed by atoms with Gasteiger partial charge in [-0.1, -0.05) is 48.5 Å². The summed E-state index contributed by atoms with van der Waals surface area (Å²) in [5, 5.41) is 2.32. The van der Waals surface area contributed by atoms with E-state index < -0.39 is 0 Å². The minimum Gasteiger partial charge on any atom is -0.436 e. The lowest BCUT2D eigenvalue weighted by molar-refractivity contribution is 0.620. The van der Waals surface area contributed by atoms with E-state index in [1.807, 2.05) is 72.7 Å². The summed E-state index contributed by atoms with van der Waals surface area (Å²) in [5.74, 6) is 1.53. The molecule has 6 heteroatoms. The second-order valence-corrected chi connectivity index (χ2v) is 9.91. The topological polar surface area (TPSA) is 61.7 Å². The number of para-hydroxylation sites is 2. The maximum absolute atomic E-state index is 6.14. The fourth-order valence-corrected chi connectivity index (χ4v) is 5.55. The first-order chi connectivity index (χ1) is 19.7. The van der Waals surface area contributed by atoms with Crippen molar-refractivity contribution in [2.24, 2.45) is 7.05 Å². The van der Waals surface area contributed by atoms with Gasteiger partial charge < -0.3 is 13.6 Å². The molecule has 0 spiro atoms. The Morgan fingerprint density at radius 2 is 1.45 bits per heavy atom. The van der Waals surface area contributed by atoms with E-state index in [0.717, 1.165) is 61.4 Å². The lowest BCUT2D eigenvalue weighted by Gasteiger charge is -2.11. The number of hydrogen-bond donors (Lipinski definition) is 0. The minimum atomic E-state index is 0.607. The summed E-state index contributed by atoms with van der Waals surface area (Å²) in [6.07, 6.45) is 5.63. The van der Waals surface area contributed by atoms with Gasteiger partial charge in [-0.25, -0.2) is 9.97 Å². The van der Waals surface area contributed by atoms with Gasteiger partial charge >= 0.3 is 0 Å². The summed E-state index contributed by atoms with van der Waals surface area (Å²) in [4.78, 5) is 14.0. The van der Waals surface area contributed by atoms with Crippen LogP contribution in [0.5, 0.6) is 0 Å². The van der Waals surface area contributed by atoms with Crippen LogP contribution in [0.4, 0.5) is 0 Å². The molecule has 0 aliphatic rings. The average Bonchev–Trinajstić information content (AvgIpc) is 3.72. The van der Waals surface area contributed by atoms with Gasteiger partial charge in [-0.15, -0.1) is 0 Å². The highest BCUT2D eigenvalue weighted by Gasteiger charge is 2.17. The SMILES string of the molecule is Cn1ccnc1-c1ccc2c3ccc(-c4nc5ccccc5o4)cc3n(-c3cccc(-c4ccccn4)c3)c2c1. The van der Waals surface area contributed by atoms with Crippen molar-refractivity contribution in [1.29, 1.82) is 0 Å². The van der Waals surface area contributed by atoms with Gasteiger partial charge in [-0.3, -0.25) is 4.98 Å². The number of rotatable bonds is 4. The normalized spacial score (nSPS) is 11.6. The molecule has 0 fully saturated rings. The van der Waals surface area contributed by atoms with Crippen molar-refractivity contribution in [3.05, 3.63) is 122 Å². The van der Waals surface area contributed by atoms with Crippen LogP contribution in [0.15, 0.2) is 126 Å². The summed E-state index contributed by atoms with van der Waals surface area (Å²) in [7, 11) is 2.02. The summed E-state index contributed by atoms with van der Waals surface area (Å²) in [6.45, 7) is 0. The van der Waals surface area contributed by atoms with Crippen molar-refractivity contribution in [3.8, 4) is 39.8 Å².